The van der Waals surface area contributed by atoms with Gasteiger partial charge in [-0.05, 0) is 19.1 Å². The number of aromatic amines is 1. The zero-order chi connectivity index (χ0) is 19.0. The Kier molecular flexibility index (Phi) is 4.68. The molecule has 0 fully saturated rings. The number of nitrogens with one attached hydrogen (secondary N) is 1. The molecule has 1 heterocycles. The first kappa shape index (κ1) is 17.9. The molecule has 0 unspecified atom stereocenters. The molecule has 0 saturated heterocycles. The summed E-state index contributed by atoms with van der Waals surface area (Å²) in [6.45, 7) is 1.88. The maximum Gasteiger partial charge on any atom is 0.216 e. The molecule has 0 aliphatic carbocycles. The first-order chi connectivity index (χ1) is 12.3. The van der Waals surface area contributed by atoms with Crippen LogP contribution in [0.5, 0.6) is 0 Å². The summed E-state index contributed by atoms with van der Waals surface area (Å²) in [5.41, 5.74) is 0.385. The van der Waals surface area contributed by atoms with Gasteiger partial charge in [0.1, 0.15) is 0 Å². The third-order valence-corrected chi connectivity index (χ3v) is 3.77. The van der Waals surface area contributed by atoms with Crippen LogP contribution in [0.3, 0.4) is 0 Å². The van der Waals surface area contributed by atoms with Crippen LogP contribution in [0.1, 0.15) is 11.1 Å². The molecule has 1 N–H and O–H groups in total. The lowest BCUT2D eigenvalue weighted by Crippen LogP contribution is -2.07. The zero-order valence-corrected chi connectivity index (χ0v) is 13.8. The van der Waals surface area contributed by atoms with Gasteiger partial charge in [-0.3, -0.25) is 0 Å². The predicted molar refractivity (Wildman–Crippen MR) is 86.8 cm³/mol. The van der Waals surface area contributed by atoms with Gasteiger partial charge in [-0.15, -0.1) is 0 Å². The van der Waals surface area contributed by atoms with Gasteiger partial charge in [0.25, 0.3) is 0 Å². The minimum absolute atomic E-state index is 0.0271. The van der Waals surface area contributed by atoms with E-state index >= 15 is 0 Å². The highest BCUT2D eigenvalue weighted by molar-refractivity contribution is 7.71. The smallest absolute Gasteiger partial charge is 0.216 e. The summed E-state index contributed by atoms with van der Waals surface area (Å²) < 4.78 is 68.0. The molecule has 10 heteroatoms. The quantitative estimate of drug-likeness (QED) is 0.238. The van der Waals surface area contributed by atoms with E-state index in [0.717, 1.165) is 10.2 Å². The molecule has 0 aliphatic heterocycles. The van der Waals surface area contributed by atoms with Crippen molar-refractivity contribution < 1.29 is 22.0 Å². The molecule has 3 rings (SSSR count). The molecule has 0 atom stereocenters. The second kappa shape index (κ2) is 6.79. The summed E-state index contributed by atoms with van der Waals surface area (Å²) in [6.07, 6.45) is 0.499. The van der Waals surface area contributed by atoms with Gasteiger partial charge in [0.05, 0.1) is 11.8 Å². The normalized spacial score (nSPS) is 11.5. The van der Waals surface area contributed by atoms with E-state index < -0.39 is 34.6 Å². The van der Waals surface area contributed by atoms with Crippen LogP contribution in [0.25, 0.3) is 11.4 Å². The van der Waals surface area contributed by atoms with Crippen molar-refractivity contribution in [2.45, 2.75) is 6.92 Å². The Balaban J connectivity index is 2.10. The minimum Gasteiger partial charge on any atom is -0.250 e. The standard InChI is InChI=1S/C16H9F5N4S/c1-7-2-4-8(5-3-7)15-23-24-16(26)25(15)22-6-9-10(17)12(19)14(21)13(20)11(9)18/h2-6H,1H3,(H,24,26)/b22-6-. The number of aryl methyl sites for hydroxylation is 1. The fourth-order valence-corrected chi connectivity index (χ4v) is 2.32. The van der Waals surface area contributed by atoms with Crippen molar-refractivity contribution in [1.82, 2.24) is 14.9 Å². The number of hydrogen-bond acceptors (Lipinski definition) is 3. The lowest BCUT2D eigenvalue weighted by atomic mass is 10.1. The summed E-state index contributed by atoms with van der Waals surface area (Å²) in [5.74, 6) is -10.1. The van der Waals surface area contributed by atoms with Gasteiger partial charge >= 0.3 is 0 Å². The number of rotatable bonds is 3. The topological polar surface area (TPSA) is 46.0 Å². The minimum atomic E-state index is -2.24. The van der Waals surface area contributed by atoms with Crippen LogP contribution in [-0.2, 0) is 0 Å². The lowest BCUT2D eigenvalue weighted by molar-refractivity contribution is 0.377. The Labute approximate surface area is 148 Å². The van der Waals surface area contributed by atoms with Crippen LogP contribution in [-0.4, -0.2) is 21.1 Å². The van der Waals surface area contributed by atoms with Gasteiger partial charge in [-0.25, -0.2) is 27.1 Å². The molecular formula is C16H9F5N4S. The Morgan fingerprint density at radius 3 is 2.08 bits per heavy atom. The van der Waals surface area contributed by atoms with E-state index in [0.29, 0.717) is 11.8 Å². The number of hydrogen-bond donors (Lipinski definition) is 1. The first-order valence-corrected chi connectivity index (χ1v) is 7.52. The maximum atomic E-state index is 13.7. The SMILES string of the molecule is Cc1ccc(-c2n[nH]c(=S)n2/N=C\c2c(F)c(F)c(F)c(F)c2F)cc1. The van der Waals surface area contributed by atoms with Gasteiger partial charge in [0.15, 0.2) is 29.1 Å². The molecule has 26 heavy (non-hydrogen) atoms. The molecule has 0 aliphatic rings. The highest BCUT2D eigenvalue weighted by Gasteiger charge is 2.24. The highest BCUT2D eigenvalue weighted by Crippen LogP contribution is 2.22. The zero-order valence-electron chi connectivity index (χ0n) is 13.0. The third-order valence-electron chi connectivity index (χ3n) is 3.51. The van der Waals surface area contributed by atoms with E-state index in [9.17, 15) is 22.0 Å². The fraction of sp³-hybridized carbons (Fsp3) is 0.0625. The second-order valence-electron chi connectivity index (χ2n) is 5.26. The van der Waals surface area contributed by atoms with Gasteiger partial charge in [0.2, 0.25) is 10.6 Å². The molecule has 1 aromatic heterocycles. The molecule has 4 nitrogen and oxygen atoms in total. The Bertz CT molecular complexity index is 1040. The predicted octanol–water partition coefficient (Wildman–Crippen LogP) is 4.49. The fourth-order valence-electron chi connectivity index (χ4n) is 2.14. The average molecular weight is 384 g/mol. The van der Waals surface area contributed by atoms with Crippen molar-refractivity contribution in [2.24, 2.45) is 5.10 Å². The Morgan fingerprint density at radius 2 is 1.50 bits per heavy atom. The largest absolute Gasteiger partial charge is 0.250 e. The van der Waals surface area contributed by atoms with E-state index in [1.54, 1.807) is 24.3 Å². The summed E-state index contributed by atoms with van der Waals surface area (Å²) in [6, 6.07) is 7.02. The highest BCUT2D eigenvalue weighted by atomic mass is 32.1. The van der Waals surface area contributed by atoms with Crippen LogP contribution >= 0.6 is 12.2 Å². The third kappa shape index (κ3) is 3.03. The monoisotopic (exact) mass is 384 g/mol. The molecule has 0 spiro atoms. The number of halogens is 5. The summed E-state index contributed by atoms with van der Waals surface area (Å²) in [4.78, 5) is 0. The van der Waals surface area contributed by atoms with Crippen LogP contribution < -0.4 is 0 Å². The van der Waals surface area contributed by atoms with Crippen LogP contribution in [0.4, 0.5) is 22.0 Å². The van der Waals surface area contributed by atoms with Crippen molar-refractivity contribution in [1.29, 1.82) is 0 Å². The Hall–Kier alpha value is -2.88. The van der Waals surface area contributed by atoms with E-state index in [4.69, 9.17) is 12.2 Å². The Morgan fingerprint density at radius 1 is 0.962 bits per heavy atom. The van der Waals surface area contributed by atoms with Crippen molar-refractivity contribution in [3.05, 3.63) is 69.2 Å². The van der Waals surface area contributed by atoms with Gasteiger partial charge in [0, 0.05) is 5.56 Å². The summed E-state index contributed by atoms with van der Waals surface area (Å²) in [7, 11) is 0. The molecular weight excluding hydrogens is 375 g/mol. The van der Waals surface area contributed by atoms with Gasteiger partial charge < -0.3 is 0 Å². The van der Waals surface area contributed by atoms with Crippen molar-refractivity contribution in [2.75, 3.05) is 0 Å². The van der Waals surface area contributed by atoms with Crippen LogP contribution in [0.15, 0.2) is 29.4 Å². The van der Waals surface area contributed by atoms with E-state index in [-0.39, 0.29) is 10.6 Å². The van der Waals surface area contributed by atoms with Crippen molar-refractivity contribution in [3.63, 3.8) is 0 Å². The number of benzene rings is 2. The van der Waals surface area contributed by atoms with Gasteiger partial charge in [-0.2, -0.15) is 14.9 Å². The lowest BCUT2D eigenvalue weighted by Gasteiger charge is -2.05. The van der Waals surface area contributed by atoms with Crippen LogP contribution in [0.2, 0.25) is 0 Å². The molecule has 2 aromatic carbocycles. The number of aromatic nitrogens is 3. The molecule has 0 amide bonds. The molecule has 134 valence electrons. The molecule has 3 aromatic rings. The van der Waals surface area contributed by atoms with Crippen LogP contribution in [0, 0.1) is 40.8 Å². The molecule has 0 radical (unpaired) electrons. The second-order valence-corrected chi connectivity index (χ2v) is 5.65. The maximum absolute atomic E-state index is 13.7. The first-order valence-electron chi connectivity index (χ1n) is 7.11. The van der Waals surface area contributed by atoms with Gasteiger partial charge in [-0.1, -0.05) is 29.8 Å². The number of H-pyrrole nitrogens is 1. The average Bonchev–Trinajstić information content (AvgIpc) is 3.00. The van der Waals surface area contributed by atoms with E-state index in [1.165, 1.54) is 0 Å². The summed E-state index contributed by atoms with van der Waals surface area (Å²) >= 11 is 4.99. The van der Waals surface area contributed by atoms with Crippen molar-refractivity contribution >= 4 is 18.4 Å². The van der Waals surface area contributed by atoms with E-state index in [2.05, 4.69) is 15.3 Å². The summed E-state index contributed by atoms with van der Waals surface area (Å²) in [5, 5.41) is 10.1. The molecule has 0 bridgehead atoms. The van der Waals surface area contributed by atoms with E-state index in [1.807, 2.05) is 6.92 Å². The van der Waals surface area contributed by atoms with Crippen molar-refractivity contribution in [3.8, 4) is 11.4 Å². The number of nitrogens with zero attached hydrogens (tertiary/aromatic N) is 3. The molecule has 0 saturated carbocycles.